The average molecular weight is 589 g/mol. The molecule has 0 bridgehead atoms. The predicted octanol–water partition coefficient (Wildman–Crippen LogP) is 10.9. The van der Waals surface area contributed by atoms with E-state index in [1.165, 1.54) is 21.7 Å². The Hall–Kier alpha value is -6.33. The van der Waals surface area contributed by atoms with Gasteiger partial charge in [0.15, 0.2) is 11.6 Å². The van der Waals surface area contributed by atoms with E-state index in [-0.39, 0.29) is 0 Å². The molecule has 1 aliphatic heterocycles. The molecule has 0 atom stereocenters. The second kappa shape index (κ2) is 9.58. The number of fused-ring (bicyclic) bond motifs is 6. The molecule has 1 aliphatic rings. The third kappa shape index (κ3) is 3.72. The summed E-state index contributed by atoms with van der Waals surface area (Å²) in [5.41, 5.74) is 7.96. The lowest BCUT2D eigenvalue weighted by atomic mass is 9.90. The molecule has 10 rings (SSSR count). The van der Waals surface area contributed by atoms with Crippen LogP contribution < -0.4 is 4.90 Å². The maximum atomic E-state index is 6.13. The van der Waals surface area contributed by atoms with Crippen LogP contribution in [0.1, 0.15) is 0 Å². The van der Waals surface area contributed by atoms with Crippen molar-refractivity contribution in [3.05, 3.63) is 146 Å². The zero-order valence-electron chi connectivity index (χ0n) is 24.6. The van der Waals surface area contributed by atoms with Gasteiger partial charge < -0.3 is 4.42 Å². The van der Waals surface area contributed by atoms with Gasteiger partial charge in [-0.05, 0) is 64.2 Å². The van der Waals surface area contributed by atoms with E-state index in [0.717, 1.165) is 55.4 Å². The van der Waals surface area contributed by atoms with Crippen LogP contribution >= 0.6 is 0 Å². The minimum atomic E-state index is 0.569. The SMILES string of the molecule is c1ccc(-c2nc(-c3ccc4oc5ccccc5c4c3)nc(N3c4cc5ccccc5cc4-c4cccc5cccc3c45)n2)cc1. The molecule has 3 heterocycles. The minimum absolute atomic E-state index is 0.569. The van der Waals surface area contributed by atoms with Crippen LogP contribution in [0.5, 0.6) is 0 Å². The van der Waals surface area contributed by atoms with Gasteiger partial charge in [-0.1, -0.05) is 103 Å². The molecule has 0 saturated carbocycles. The van der Waals surface area contributed by atoms with Crippen LogP contribution in [0.15, 0.2) is 150 Å². The average Bonchev–Trinajstić information content (AvgIpc) is 3.49. The monoisotopic (exact) mass is 588 g/mol. The number of hydrogen-bond acceptors (Lipinski definition) is 5. The van der Waals surface area contributed by atoms with E-state index in [0.29, 0.717) is 17.6 Å². The molecular weight excluding hydrogens is 564 g/mol. The Bertz CT molecular complexity index is 2650. The first-order chi connectivity index (χ1) is 22.8. The fourth-order valence-electron chi connectivity index (χ4n) is 6.88. The topological polar surface area (TPSA) is 55.1 Å². The highest BCUT2D eigenvalue weighted by molar-refractivity contribution is 6.15. The summed E-state index contributed by atoms with van der Waals surface area (Å²) in [6, 6.07) is 50.5. The zero-order valence-corrected chi connectivity index (χ0v) is 24.6. The number of hydrogen-bond donors (Lipinski definition) is 0. The number of rotatable bonds is 3. The van der Waals surface area contributed by atoms with Crippen molar-refractivity contribution in [1.29, 1.82) is 0 Å². The first kappa shape index (κ1) is 25.0. The maximum absolute atomic E-state index is 6.13. The highest BCUT2D eigenvalue weighted by Crippen LogP contribution is 2.51. The summed E-state index contributed by atoms with van der Waals surface area (Å²) in [6.45, 7) is 0. The maximum Gasteiger partial charge on any atom is 0.238 e. The Labute approximate surface area is 264 Å². The number of benzene rings is 7. The summed E-state index contributed by atoms with van der Waals surface area (Å²) in [6.07, 6.45) is 0. The molecule has 0 amide bonds. The van der Waals surface area contributed by atoms with E-state index in [2.05, 4.69) is 89.8 Å². The molecule has 0 saturated heterocycles. The first-order valence-corrected chi connectivity index (χ1v) is 15.4. The van der Waals surface area contributed by atoms with E-state index in [1.807, 2.05) is 60.7 Å². The second-order valence-electron chi connectivity index (χ2n) is 11.7. The van der Waals surface area contributed by atoms with Crippen molar-refractivity contribution in [3.8, 4) is 33.9 Å². The summed E-state index contributed by atoms with van der Waals surface area (Å²) in [5, 5.41) is 6.81. The molecule has 0 N–H and O–H groups in total. The van der Waals surface area contributed by atoms with Gasteiger partial charge in [0, 0.05) is 32.8 Å². The van der Waals surface area contributed by atoms with Crippen LogP contribution in [0, 0.1) is 0 Å². The highest BCUT2D eigenvalue weighted by Gasteiger charge is 2.29. The van der Waals surface area contributed by atoms with Crippen LogP contribution in [0.2, 0.25) is 0 Å². The van der Waals surface area contributed by atoms with Crippen LogP contribution in [0.4, 0.5) is 17.3 Å². The van der Waals surface area contributed by atoms with E-state index in [9.17, 15) is 0 Å². The fourth-order valence-corrected chi connectivity index (χ4v) is 6.88. The van der Waals surface area contributed by atoms with Crippen molar-refractivity contribution in [2.45, 2.75) is 0 Å². The van der Waals surface area contributed by atoms with Crippen molar-refractivity contribution in [2.75, 3.05) is 4.90 Å². The molecule has 5 nitrogen and oxygen atoms in total. The lowest BCUT2D eigenvalue weighted by Crippen LogP contribution is -2.18. The van der Waals surface area contributed by atoms with Crippen LogP contribution in [0.25, 0.3) is 77.4 Å². The number of nitrogens with zero attached hydrogens (tertiary/aromatic N) is 4. The fraction of sp³-hybridized carbons (Fsp3) is 0. The summed E-state index contributed by atoms with van der Waals surface area (Å²) >= 11 is 0. The molecule has 9 aromatic rings. The summed E-state index contributed by atoms with van der Waals surface area (Å²) < 4.78 is 6.13. The molecule has 0 unspecified atom stereocenters. The second-order valence-corrected chi connectivity index (χ2v) is 11.7. The van der Waals surface area contributed by atoms with Gasteiger partial charge in [0.1, 0.15) is 11.2 Å². The highest BCUT2D eigenvalue weighted by atomic mass is 16.3. The van der Waals surface area contributed by atoms with Gasteiger partial charge in [-0.25, -0.2) is 4.98 Å². The van der Waals surface area contributed by atoms with Crippen LogP contribution in [-0.2, 0) is 0 Å². The Balaban J connectivity index is 1.27. The van der Waals surface area contributed by atoms with Crippen molar-refractivity contribution >= 4 is 60.8 Å². The molecule has 0 radical (unpaired) electrons. The normalized spacial score (nSPS) is 12.3. The molecule has 214 valence electrons. The molecular formula is C41H24N4O. The molecule has 2 aromatic heterocycles. The largest absolute Gasteiger partial charge is 0.456 e. The summed E-state index contributed by atoms with van der Waals surface area (Å²) in [7, 11) is 0. The lowest BCUT2D eigenvalue weighted by Gasteiger charge is -2.32. The third-order valence-corrected chi connectivity index (χ3v) is 9.01. The van der Waals surface area contributed by atoms with E-state index in [1.54, 1.807) is 0 Å². The number of anilines is 3. The van der Waals surface area contributed by atoms with Gasteiger partial charge in [-0.2, -0.15) is 9.97 Å². The van der Waals surface area contributed by atoms with E-state index in [4.69, 9.17) is 19.4 Å². The molecule has 7 aromatic carbocycles. The molecule has 46 heavy (non-hydrogen) atoms. The van der Waals surface area contributed by atoms with Gasteiger partial charge >= 0.3 is 0 Å². The minimum Gasteiger partial charge on any atom is -0.456 e. The number of aromatic nitrogens is 3. The van der Waals surface area contributed by atoms with E-state index >= 15 is 0 Å². The van der Waals surface area contributed by atoms with Crippen LogP contribution in [0.3, 0.4) is 0 Å². The molecule has 0 spiro atoms. The van der Waals surface area contributed by atoms with Crippen molar-refractivity contribution in [2.24, 2.45) is 0 Å². The van der Waals surface area contributed by atoms with Crippen LogP contribution in [-0.4, -0.2) is 15.0 Å². The number of furan rings is 1. The smallest absolute Gasteiger partial charge is 0.238 e. The molecule has 0 fully saturated rings. The summed E-state index contributed by atoms with van der Waals surface area (Å²) in [4.78, 5) is 17.7. The zero-order chi connectivity index (χ0) is 30.2. The molecule has 0 aliphatic carbocycles. The summed E-state index contributed by atoms with van der Waals surface area (Å²) in [5.74, 6) is 1.79. The Kier molecular flexibility index (Phi) is 5.22. The third-order valence-electron chi connectivity index (χ3n) is 9.01. The van der Waals surface area contributed by atoms with Gasteiger partial charge in [-0.3, -0.25) is 4.90 Å². The van der Waals surface area contributed by atoms with Gasteiger partial charge in [0.25, 0.3) is 0 Å². The van der Waals surface area contributed by atoms with Gasteiger partial charge in [0.05, 0.1) is 11.4 Å². The van der Waals surface area contributed by atoms with E-state index < -0.39 is 0 Å². The Morgan fingerprint density at radius 2 is 1.13 bits per heavy atom. The Morgan fingerprint density at radius 1 is 0.435 bits per heavy atom. The first-order valence-electron chi connectivity index (χ1n) is 15.4. The predicted molar refractivity (Wildman–Crippen MR) is 187 cm³/mol. The van der Waals surface area contributed by atoms with Crippen molar-refractivity contribution in [3.63, 3.8) is 0 Å². The molecule has 5 heteroatoms. The van der Waals surface area contributed by atoms with Crippen molar-refractivity contribution in [1.82, 2.24) is 15.0 Å². The standard InChI is InChI=1S/C41H24N4O/c1-2-10-26(11-3-1)39-42-40(29-20-21-37-33(23-29)30-16-6-7-19-36(30)46-37)44-41(43-39)45-34-18-9-15-25-14-8-17-31(38(25)34)32-22-27-12-4-5-13-28(27)24-35(32)45/h1-24H. The number of para-hydroxylation sites is 1. The lowest BCUT2D eigenvalue weighted by molar-refractivity contribution is 0.669. The van der Waals surface area contributed by atoms with Crippen molar-refractivity contribution < 1.29 is 4.42 Å². The van der Waals surface area contributed by atoms with Gasteiger partial charge in [-0.15, -0.1) is 0 Å². The Morgan fingerprint density at radius 3 is 2.00 bits per heavy atom. The quantitative estimate of drug-likeness (QED) is 0.205. The van der Waals surface area contributed by atoms with Gasteiger partial charge in [0.2, 0.25) is 5.95 Å².